The average Bonchev–Trinajstić information content (AvgIpc) is 2.48. The minimum atomic E-state index is -0.00455. The third kappa shape index (κ3) is 4.34. The van der Waals surface area contributed by atoms with Gasteiger partial charge in [-0.05, 0) is 43.7 Å². The van der Waals surface area contributed by atoms with Crippen LogP contribution < -0.4 is 10.1 Å². The standard InChI is InChI=1S/C18H20BrNO2/c1-4-18(21)20-16-7-6-15(19)10-14(16)11-22-17-8-5-12(2)9-13(17)3/h5-10H,4,11H2,1-3H3,(H,20,21). The van der Waals surface area contributed by atoms with Gasteiger partial charge in [0.15, 0.2) is 0 Å². The Morgan fingerprint density at radius 2 is 1.95 bits per heavy atom. The Hall–Kier alpha value is -1.81. The van der Waals surface area contributed by atoms with E-state index in [4.69, 9.17) is 4.74 Å². The minimum Gasteiger partial charge on any atom is -0.489 e. The number of hydrogen-bond acceptors (Lipinski definition) is 2. The van der Waals surface area contributed by atoms with Gasteiger partial charge in [-0.2, -0.15) is 0 Å². The quantitative estimate of drug-likeness (QED) is 0.814. The van der Waals surface area contributed by atoms with Crippen LogP contribution in [0.5, 0.6) is 5.75 Å². The SMILES string of the molecule is CCC(=O)Nc1ccc(Br)cc1COc1ccc(C)cc1C. The van der Waals surface area contributed by atoms with Crippen LogP contribution in [0.25, 0.3) is 0 Å². The maximum atomic E-state index is 11.6. The molecule has 0 aliphatic heterocycles. The fourth-order valence-electron chi connectivity index (χ4n) is 2.16. The Balaban J connectivity index is 2.17. The number of aryl methyl sites for hydroxylation is 2. The van der Waals surface area contributed by atoms with Gasteiger partial charge >= 0.3 is 0 Å². The summed E-state index contributed by atoms with van der Waals surface area (Å²) in [7, 11) is 0. The highest BCUT2D eigenvalue weighted by atomic mass is 79.9. The third-order valence-corrected chi connectivity index (χ3v) is 3.87. The van der Waals surface area contributed by atoms with Crippen LogP contribution in [0.15, 0.2) is 40.9 Å². The molecule has 3 nitrogen and oxygen atoms in total. The molecule has 0 spiro atoms. The molecule has 116 valence electrons. The van der Waals surface area contributed by atoms with Crippen molar-refractivity contribution < 1.29 is 9.53 Å². The van der Waals surface area contributed by atoms with Crippen molar-refractivity contribution in [2.45, 2.75) is 33.8 Å². The molecule has 0 saturated carbocycles. The lowest BCUT2D eigenvalue weighted by atomic mass is 10.1. The molecule has 0 aromatic heterocycles. The molecular weight excluding hydrogens is 342 g/mol. The fourth-order valence-corrected chi connectivity index (χ4v) is 2.57. The Morgan fingerprint density at radius 3 is 2.64 bits per heavy atom. The van der Waals surface area contributed by atoms with Crippen LogP contribution in [0.1, 0.15) is 30.0 Å². The van der Waals surface area contributed by atoms with E-state index < -0.39 is 0 Å². The first-order valence-corrected chi connectivity index (χ1v) is 8.07. The van der Waals surface area contributed by atoms with Gasteiger partial charge in [-0.1, -0.05) is 40.5 Å². The number of halogens is 1. The maximum absolute atomic E-state index is 11.6. The molecule has 0 aliphatic rings. The van der Waals surface area contributed by atoms with E-state index in [0.717, 1.165) is 27.0 Å². The predicted octanol–water partition coefficient (Wildman–Crippen LogP) is 4.99. The van der Waals surface area contributed by atoms with Gasteiger partial charge < -0.3 is 10.1 Å². The second kappa shape index (κ2) is 7.45. The van der Waals surface area contributed by atoms with Crippen molar-refractivity contribution >= 4 is 27.5 Å². The van der Waals surface area contributed by atoms with E-state index in [2.05, 4.69) is 34.2 Å². The van der Waals surface area contributed by atoms with E-state index in [0.29, 0.717) is 13.0 Å². The largest absolute Gasteiger partial charge is 0.489 e. The van der Waals surface area contributed by atoms with Gasteiger partial charge in [-0.15, -0.1) is 0 Å². The summed E-state index contributed by atoms with van der Waals surface area (Å²) >= 11 is 3.46. The van der Waals surface area contributed by atoms with Gasteiger partial charge in [0.25, 0.3) is 0 Å². The van der Waals surface area contributed by atoms with Gasteiger partial charge in [0.1, 0.15) is 12.4 Å². The van der Waals surface area contributed by atoms with Gasteiger partial charge in [0, 0.05) is 22.1 Å². The van der Waals surface area contributed by atoms with E-state index in [1.165, 1.54) is 5.56 Å². The zero-order valence-corrected chi connectivity index (χ0v) is 14.7. The minimum absolute atomic E-state index is 0.00455. The lowest BCUT2D eigenvalue weighted by Gasteiger charge is -2.14. The molecule has 1 N–H and O–H groups in total. The van der Waals surface area contributed by atoms with E-state index in [1.54, 1.807) is 0 Å². The molecule has 0 bridgehead atoms. The molecule has 0 heterocycles. The molecule has 0 saturated heterocycles. The summed E-state index contributed by atoms with van der Waals surface area (Å²) in [4.78, 5) is 11.6. The lowest BCUT2D eigenvalue weighted by Crippen LogP contribution is -2.12. The van der Waals surface area contributed by atoms with E-state index in [1.807, 2.05) is 44.2 Å². The summed E-state index contributed by atoms with van der Waals surface area (Å²) in [6.45, 7) is 6.33. The van der Waals surface area contributed by atoms with Crippen molar-refractivity contribution in [1.82, 2.24) is 0 Å². The van der Waals surface area contributed by atoms with Crippen molar-refractivity contribution in [3.63, 3.8) is 0 Å². The second-order valence-corrected chi connectivity index (χ2v) is 6.18. The van der Waals surface area contributed by atoms with Crippen LogP contribution in [0.3, 0.4) is 0 Å². The maximum Gasteiger partial charge on any atom is 0.224 e. The van der Waals surface area contributed by atoms with Gasteiger partial charge in [-0.3, -0.25) is 4.79 Å². The number of hydrogen-bond donors (Lipinski definition) is 1. The highest BCUT2D eigenvalue weighted by Gasteiger charge is 2.08. The summed E-state index contributed by atoms with van der Waals surface area (Å²) < 4.78 is 6.88. The van der Waals surface area contributed by atoms with E-state index >= 15 is 0 Å². The van der Waals surface area contributed by atoms with Crippen LogP contribution in [0.2, 0.25) is 0 Å². The average molecular weight is 362 g/mol. The first kappa shape index (κ1) is 16.6. The van der Waals surface area contributed by atoms with Crippen molar-refractivity contribution in [3.05, 3.63) is 57.6 Å². The first-order chi connectivity index (χ1) is 10.5. The van der Waals surface area contributed by atoms with Gasteiger partial charge in [0.05, 0.1) is 0 Å². The molecule has 2 aromatic rings. The molecule has 4 heteroatoms. The van der Waals surface area contributed by atoms with Crippen molar-refractivity contribution in [2.24, 2.45) is 0 Å². The summed E-state index contributed by atoms with van der Waals surface area (Å²) in [6, 6.07) is 11.9. The number of ether oxygens (including phenoxy) is 1. The zero-order valence-electron chi connectivity index (χ0n) is 13.1. The molecular formula is C18H20BrNO2. The van der Waals surface area contributed by atoms with Crippen molar-refractivity contribution in [2.75, 3.05) is 5.32 Å². The molecule has 0 aliphatic carbocycles. The van der Waals surface area contributed by atoms with Crippen molar-refractivity contribution in [1.29, 1.82) is 0 Å². The Kier molecular flexibility index (Phi) is 5.61. The molecule has 0 radical (unpaired) electrons. The topological polar surface area (TPSA) is 38.3 Å². The number of nitrogens with one attached hydrogen (secondary N) is 1. The normalized spacial score (nSPS) is 10.4. The number of benzene rings is 2. The summed E-state index contributed by atoms with van der Waals surface area (Å²) in [5.41, 5.74) is 4.05. The molecule has 2 aromatic carbocycles. The summed E-state index contributed by atoms with van der Waals surface area (Å²) in [6.07, 6.45) is 0.452. The number of carbonyl (C=O) groups is 1. The van der Waals surface area contributed by atoms with Crippen LogP contribution in [-0.2, 0) is 11.4 Å². The number of anilines is 1. The summed E-state index contributed by atoms with van der Waals surface area (Å²) in [5.74, 6) is 0.855. The smallest absolute Gasteiger partial charge is 0.224 e. The van der Waals surface area contributed by atoms with Crippen LogP contribution in [-0.4, -0.2) is 5.91 Å². The van der Waals surface area contributed by atoms with E-state index in [9.17, 15) is 4.79 Å². The van der Waals surface area contributed by atoms with Crippen LogP contribution in [0, 0.1) is 13.8 Å². The Morgan fingerprint density at radius 1 is 1.18 bits per heavy atom. The number of rotatable bonds is 5. The third-order valence-electron chi connectivity index (χ3n) is 3.38. The predicted molar refractivity (Wildman–Crippen MR) is 93.3 cm³/mol. The molecule has 2 rings (SSSR count). The summed E-state index contributed by atoms with van der Waals surface area (Å²) in [5, 5.41) is 2.91. The van der Waals surface area contributed by atoms with Gasteiger partial charge in [0.2, 0.25) is 5.91 Å². The molecule has 1 amide bonds. The molecule has 0 fully saturated rings. The number of carbonyl (C=O) groups excluding carboxylic acids is 1. The highest BCUT2D eigenvalue weighted by molar-refractivity contribution is 9.10. The molecule has 22 heavy (non-hydrogen) atoms. The monoisotopic (exact) mass is 361 g/mol. The molecule has 0 atom stereocenters. The lowest BCUT2D eigenvalue weighted by molar-refractivity contribution is -0.115. The highest BCUT2D eigenvalue weighted by Crippen LogP contribution is 2.25. The van der Waals surface area contributed by atoms with E-state index in [-0.39, 0.29) is 5.91 Å². The second-order valence-electron chi connectivity index (χ2n) is 5.26. The zero-order chi connectivity index (χ0) is 16.1. The number of amides is 1. The fraction of sp³-hybridized carbons (Fsp3) is 0.278. The van der Waals surface area contributed by atoms with Gasteiger partial charge in [-0.25, -0.2) is 0 Å². The molecule has 0 unspecified atom stereocenters. The Labute approximate surface area is 139 Å². The van der Waals surface area contributed by atoms with Crippen LogP contribution >= 0.6 is 15.9 Å². The first-order valence-electron chi connectivity index (χ1n) is 7.28. The Bertz CT molecular complexity index is 683. The van der Waals surface area contributed by atoms with Crippen LogP contribution in [0.4, 0.5) is 5.69 Å². The van der Waals surface area contributed by atoms with Crippen molar-refractivity contribution in [3.8, 4) is 5.75 Å².